The van der Waals surface area contributed by atoms with Crippen molar-refractivity contribution in [2.24, 2.45) is 5.92 Å². The molecule has 0 aliphatic carbocycles. The minimum atomic E-state index is 0.130. The number of fused-ring (bicyclic) bond motifs is 1. The molecule has 2 aliphatic rings. The molecule has 2 aromatic rings. The molecule has 1 saturated heterocycles. The average Bonchev–Trinajstić information content (AvgIpc) is 3.07. The van der Waals surface area contributed by atoms with Gasteiger partial charge < -0.3 is 15.2 Å². The molecule has 3 heterocycles. The molecule has 5 nitrogen and oxygen atoms in total. The minimum absolute atomic E-state index is 0.130. The number of anilines is 1. The van der Waals surface area contributed by atoms with E-state index >= 15 is 0 Å². The van der Waals surface area contributed by atoms with Gasteiger partial charge in [0.25, 0.3) is 0 Å². The predicted octanol–water partition coefficient (Wildman–Crippen LogP) is 2.82. The lowest BCUT2D eigenvalue weighted by atomic mass is 9.97. The maximum absolute atomic E-state index is 12.3. The third-order valence-corrected chi connectivity index (χ3v) is 5.12. The van der Waals surface area contributed by atoms with Gasteiger partial charge in [0.2, 0.25) is 5.91 Å². The molecule has 0 unspecified atom stereocenters. The number of amides is 1. The highest BCUT2D eigenvalue weighted by atomic mass is 16.1. The van der Waals surface area contributed by atoms with Crippen LogP contribution < -0.4 is 10.6 Å². The molecule has 1 fully saturated rings. The molecular formula is C19H24N4O. The summed E-state index contributed by atoms with van der Waals surface area (Å²) in [5.74, 6) is 1.31. The smallest absolute Gasteiger partial charge is 0.227 e. The van der Waals surface area contributed by atoms with E-state index in [1.165, 1.54) is 18.5 Å². The maximum Gasteiger partial charge on any atom is 0.227 e. The summed E-state index contributed by atoms with van der Waals surface area (Å²) < 4.78 is 2.33. The number of aryl methyl sites for hydroxylation is 1. The Kier molecular flexibility index (Phi) is 4.34. The highest BCUT2D eigenvalue weighted by Gasteiger charge is 2.21. The monoisotopic (exact) mass is 324 g/mol. The number of piperidine rings is 1. The van der Waals surface area contributed by atoms with Crippen LogP contribution in [0.15, 0.2) is 30.5 Å². The molecule has 0 radical (unpaired) electrons. The third kappa shape index (κ3) is 3.08. The zero-order valence-corrected chi connectivity index (χ0v) is 13.9. The van der Waals surface area contributed by atoms with Crippen LogP contribution in [0, 0.1) is 5.92 Å². The largest absolute Gasteiger partial charge is 0.328 e. The van der Waals surface area contributed by atoms with E-state index in [4.69, 9.17) is 0 Å². The fourth-order valence-corrected chi connectivity index (χ4v) is 3.70. The first-order chi connectivity index (χ1) is 11.8. The topological polar surface area (TPSA) is 59.0 Å². The van der Waals surface area contributed by atoms with E-state index in [1.807, 2.05) is 18.3 Å². The van der Waals surface area contributed by atoms with Crippen molar-refractivity contribution < 1.29 is 4.79 Å². The number of hydrogen-bond donors (Lipinski definition) is 2. The third-order valence-electron chi connectivity index (χ3n) is 5.12. The van der Waals surface area contributed by atoms with Gasteiger partial charge in [-0.05, 0) is 69.5 Å². The summed E-state index contributed by atoms with van der Waals surface area (Å²) in [6.45, 7) is 2.92. The van der Waals surface area contributed by atoms with Gasteiger partial charge in [-0.25, -0.2) is 4.98 Å². The Balaban J connectivity index is 1.46. The number of imidazole rings is 1. The van der Waals surface area contributed by atoms with Crippen molar-refractivity contribution in [1.29, 1.82) is 0 Å². The molecule has 1 amide bonds. The van der Waals surface area contributed by atoms with Crippen molar-refractivity contribution in [2.75, 3.05) is 18.4 Å². The van der Waals surface area contributed by atoms with Gasteiger partial charge in [-0.1, -0.05) is 0 Å². The van der Waals surface area contributed by atoms with Gasteiger partial charge in [-0.3, -0.25) is 4.79 Å². The van der Waals surface area contributed by atoms with Crippen molar-refractivity contribution in [3.05, 3.63) is 36.2 Å². The molecule has 4 rings (SSSR count). The summed E-state index contributed by atoms with van der Waals surface area (Å²) >= 11 is 0. The number of benzene rings is 1. The molecule has 2 aliphatic heterocycles. The number of nitrogens with zero attached hydrogens (tertiary/aromatic N) is 2. The number of aromatic nitrogens is 2. The normalized spacial score (nSPS) is 18.2. The zero-order valence-electron chi connectivity index (χ0n) is 13.9. The maximum atomic E-state index is 12.3. The van der Waals surface area contributed by atoms with Crippen molar-refractivity contribution in [1.82, 2.24) is 14.9 Å². The molecule has 1 aromatic carbocycles. The molecular weight excluding hydrogens is 300 g/mol. The van der Waals surface area contributed by atoms with E-state index in [-0.39, 0.29) is 11.8 Å². The van der Waals surface area contributed by atoms with Gasteiger partial charge in [0, 0.05) is 35.6 Å². The van der Waals surface area contributed by atoms with Crippen LogP contribution in [0.3, 0.4) is 0 Å². The Morgan fingerprint density at radius 3 is 2.75 bits per heavy atom. The Hall–Kier alpha value is -2.14. The van der Waals surface area contributed by atoms with Gasteiger partial charge in [-0.15, -0.1) is 0 Å². The first-order valence-electron chi connectivity index (χ1n) is 8.98. The van der Waals surface area contributed by atoms with Crippen LogP contribution in [0.1, 0.15) is 31.4 Å². The predicted molar refractivity (Wildman–Crippen MR) is 94.8 cm³/mol. The summed E-state index contributed by atoms with van der Waals surface area (Å²) in [4.78, 5) is 16.9. The zero-order chi connectivity index (χ0) is 16.4. The van der Waals surface area contributed by atoms with Crippen molar-refractivity contribution in [2.45, 2.75) is 38.6 Å². The lowest BCUT2D eigenvalue weighted by molar-refractivity contribution is -0.120. The Labute approximate surface area is 142 Å². The summed E-state index contributed by atoms with van der Waals surface area (Å²) in [6.07, 6.45) is 7.44. The first-order valence-corrected chi connectivity index (χ1v) is 8.98. The standard InChI is InChI=1S/C19H24N4O/c24-19(15-8-10-20-11-9-15)22-16-6-4-14(5-7-16)18-21-13-17-3-1-2-12-23(17)18/h4-7,13,15,20H,1-3,8-12H2,(H,22,24). The molecule has 1 aromatic heterocycles. The van der Waals surface area contributed by atoms with Gasteiger partial charge >= 0.3 is 0 Å². The number of rotatable bonds is 3. The van der Waals surface area contributed by atoms with Gasteiger partial charge in [-0.2, -0.15) is 0 Å². The number of carbonyl (C=O) groups is 1. The molecule has 126 valence electrons. The van der Waals surface area contributed by atoms with E-state index < -0.39 is 0 Å². The summed E-state index contributed by atoms with van der Waals surface area (Å²) in [7, 11) is 0. The number of nitrogens with one attached hydrogen (secondary N) is 2. The Morgan fingerprint density at radius 2 is 1.96 bits per heavy atom. The molecule has 2 N–H and O–H groups in total. The first kappa shape index (κ1) is 15.4. The summed E-state index contributed by atoms with van der Waals surface area (Å²) in [5.41, 5.74) is 3.32. The van der Waals surface area contributed by atoms with E-state index in [1.54, 1.807) is 0 Å². The van der Waals surface area contributed by atoms with E-state index in [2.05, 4.69) is 32.3 Å². The van der Waals surface area contributed by atoms with E-state index in [9.17, 15) is 4.79 Å². The number of carbonyl (C=O) groups excluding carboxylic acids is 1. The van der Waals surface area contributed by atoms with Crippen LogP contribution in [-0.2, 0) is 17.8 Å². The van der Waals surface area contributed by atoms with Crippen LogP contribution >= 0.6 is 0 Å². The fraction of sp³-hybridized carbons (Fsp3) is 0.474. The summed E-state index contributed by atoms with van der Waals surface area (Å²) in [5, 5.41) is 6.34. The Bertz CT molecular complexity index is 713. The van der Waals surface area contributed by atoms with Gasteiger partial charge in [0.15, 0.2) is 0 Å². The van der Waals surface area contributed by atoms with Crippen LogP contribution in [0.25, 0.3) is 11.4 Å². The van der Waals surface area contributed by atoms with Crippen LogP contribution in [-0.4, -0.2) is 28.5 Å². The van der Waals surface area contributed by atoms with Crippen molar-refractivity contribution in [3.63, 3.8) is 0 Å². The highest BCUT2D eigenvalue weighted by molar-refractivity contribution is 5.92. The highest BCUT2D eigenvalue weighted by Crippen LogP contribution is 2.26. The SMILES string of the molecule is O=C(Nc1ccc(-c2ncc3n2CCCC3)cc1)C1CCNCC1. The molecule has 0 spiro atoms. The lowest BCUT2D eigenvalue weighted by Gasteiger charge is -2.21. The molecule has 0 bridgehead atoms. The average molecular weight is 324 g/mol. The van der Waals surface area contributed by atoms with Crippen LogP contribution in [0.5, 0.6) is 0 Å². The second-order valence-electron chi connectivity index (χ2n) is 6.77. The second-order valence-corrected chi connectivity index (χ2v) is 6.77. The molecule has 5 heteroatoms. The van der Waals surface area contributed by atoms with Crippen LogP contribution in [0.4, 0.5) is 5.69 Å². The minimum Gasteiger partial charge on any atom is -0.328 e. The number of hydrogen-bond acceptors (Lipinski definition) is 3. The van der Waals surface area contributed by atoms with E-state index in [0.717, 1.165) is 56.0 Å². The van der Waals surface area contributed by atoms with E-state index in [0.29, 0.717) is 0 Å². The van der Waals surface area contributed by atoms with Crippen molar-refractivity contribution in [3.8, 4) is 11.4 Å². The van der Waals surface area contributed by atoms with Crippen molar-refractivity contribution >= 4 is 11.6 Å². The lowest BCUT2D eigenvalue weighted by Crippen LogP contribution is -2.34. The molecule has 0 saturated carbocycles. The molecule has 24 heavy (non-hydrogen) atoms. The second kappa shape index (κ2) is 6.77. The molecule has 0 atom stereocenters. The van der Waals surface area contributed by atoms with Gasteiger partial charge in [0.05, 0.1) is 0 Å². The quantitative estimate of drug-likeness (QED) is 0.913. The van der Waals surface area contributed by atoms with Gasteiger partial charge in [0.1, 0.15) is 5.82 Å². The van der Waals surface area contributed by atoms with Crippen LogP contribution in [0.2, 0.25) is 0 Å². The summed E-state index contributed by atoms with van der Waals surface area (Å²) in [6, 6.07) is 8.09. The Morgan fingerprint density at radius 1 is 1.17 bits per heavy atom. The fourth-order valence-electron chi connectivity index (χ4n) is 3.70.